The van der Waals surface area contributed by atoms with Crippen LogP contribution in [-0.4, -0.2) is 96.7 Å². The van der Waals surface area contributed by atoms with Gasteiger partial charge in [-0.2, -0.15) is 0 Å². The van der Waals surface area contributed by atoms with E-state index in [2.05, 4.69) is 149 Å². The summed E-state index contributed by atoms with van der Waals surface area (Å²) in [7, 11) is -9.98. The molecule has 0 amide bonds. The first-order chi connectivity index (χ1) is 53.7. The first kappa shape index (κ1) is 105. The molecule has 0 aromatic carbocycles. The molecule has 3 N–H and O–H groups in total. The molecular weight excluding hydrogens is 1430 g/mol. The van der Waals surface area contributed by atoms with Crippen LogP contribution in [0.4, 0.5) is 0 Å². The number of esters is 4. The summed E-state index contributed by atoms with van der Waals surface area (Å²) in [6, 6.07) is 0. The van der Waals surface area contributed by atoms with Crippen LogP contribution in [0, 0.1) is 0 Å². The van der Waals surface area contributed by atoms with Crippen LogP contribution < -0.4 is 0 Å². The Bertz CT molecular complexity index is 2550. The minimum absolute atomic E-state index is 0.0787. The number of allylic oxidation sites excluding steroid dienone is 20. The van der Waals surface area contributed by atoms with Crippen molar-refractivity contribution < 1.29 is 80.2 Å². The van der Waals surface area contributed by atoms with Gasteiger partial charge in [0.15, 0.2) is 12.2 Å². The average Bonchev–Trinajstić information content (AvgIpc) is 0.906. The SMILES string of the molecule is CC/C=C\C/C=C\C/C=C\C/C=C\CCCCCCCCC(=O)OCC(COP(=O)(O)OCC(O)COP(=O)(O)OCC(COC(=O)CCCCCCCC/C=C\C/C=C\C/C=C\CCCCC)OC(=O)CCCCCCCCCCCCCCCCC)OC(=O)CCCCCCCCC/C=C\C/C=C\C/C=C\CC. The predicted molar refractivity (Wildman–Crippen MR) is 455 cm³/mol. The number of hydrogen-bond donors (Lipinski definition) is 3. The number of phosphoric ester groups is 2. The normalized spacial score (nSPS) is 14.4. The fraction of sp³-hybridized carbons (Fsp3) is 0.736. The molecule has 0 saturated carbocycles. The van der Waals surface area contributed by atoms with Gasteiger partial charge in [-0.05, 0) is 135 Å². The molecule has 0 heterocycles. The molecule has 0 aromatic rings. The summed E-state index contributed by atoms with van der Waals surface area (Å²) >= 11 is 0. The third kappa shape index (κ3) is 81.5. The van der Waals surface area contributed by atoms with E-state index < -0.39 is 97.5 Å². The Balaban J connectivity index is 5.39. The highest BCUT2D eigenvalue weighted by Gasteiger charge is 2.30. The first-order valence-electron chi connectivity index (χ1n) is 43.8. The van der Waals surface area contributed by atoms with Crippen LogP contribution in [0.3, 0.4) is 0 Å². The zero-order valence-corrected chi connectivity index (χ0v) is 71.4. The predicted octanol–water partition coefficient (Wildman–Crippen LogP) is 26.2. The van der Waals surface area contributed by atoms with Gasteiger partial charge in [0.05, 0.1) is 26.4 Å². The summed E-state index contributed by atoms with van der Waals surface area (Å²) in [5.41, 5.74) is 0. The Morgan fingerprint density at radius 3 is 0.745 bits per heavy atom. The van der Waals surface area contributed by atoms with Crippen molar-refractivity contribution >= 4 is 39.5 Å². The molecule has 5 atom stereocenters. The van der Waals surface area contributed by atoms with Gasteiger partial charge in [0, 0.05) is 25.7 Å². The van der Waals surface area contributed by atoms with E-state index in [1.165, 1.54) is 83.5 Å². The maximum atomic E-state index is 13.2. The zero-order valence-electron chi connectivity index (χ0n) is 69.7. The van der Waals surface area contributed by atoms with Gasteiger partial charge in [-0.15, -0.1) is 0 Å². The molecule has 5 unspecified atom stereocenters. The monoisotopic (exact) mass is 1590 g/mol. The van der Waals surface area contributed by atoms with E-state index in [1.54, 1.807) is 0 Å². The van der Waals surface area contributed by atoms with E-state index in [4.69, 9.17) is 37.0 Å². The number of carbonyl (C=O) groups excluding carboxylic acids is 4. The molecule has 0 aromatic heterocycles. The lowest BCUT2D eigenvalue weighted by molar-refractivity contribution is -0.161. The van der Waals surface area contributed by atoms with E-state index in [9.17, 15) is 43.2 Å². The molecule has 0 aliphatic heterocycles. The second-order valence-electron chi connectivity index (χ2n) is 29.1. The van der Waals surface area contributed by atoms with Gasteiger partial charge in [-0.3, -0.25) is 37.3 Å². The second-order valence-corrected chi connectivity index (χ2v) is 32.0. The number of unbranched alkanes of at least 4 members (excludes halogenated alkanes) is 36. The van der Waals surface area contributed by atoms with E-state index in [0.717, 1.165) is 212 Å². The molecule has 0 aliphatic carbocycles. The zero-order chi connectivity index (χ0) is 80.3. The molecule has 0 radical (unpaired) electrons. The summed E-state index contributed by atoms with van der Waals surface area (Å²) in [5.74, 6) is -2.19. The maximum absolute atomic E-state index is 13.2. The maximum Gasteiger partial charge on any atom is 0.472 e. The molecule has 110 heavy (non-hydrogen) atoms. The Hall–Kier alpha value is -4.54. The van der Waals surface area contributed by atoms with Crippen molar-refractivity contribution in [3.05, 3.63) is 122 Å². The Kier molecular flexibility index (Phi) is 79.0. The van der Waals surface area contributed by atoms with Gasteiger partial charge in [0.25, 0.3) is 0 Å². The van der Waals surface area contributed by atoms with Crippen LogP contribution >= 0.6 is 15.6 Å². The molecule has 0 fully saturated rings. The summed E-state index contributed by atoms with van der Waals surface area (Å²) < 4.78 is 68.9. The highest BCUT2D eigenvalue weighted by Crippen LogP contribution is 2.45. The second kappa shape index (κ2) is 82.4. The Labute approximate surface area is 670 Å². The van der Waals surface area contributed by atoms with Crippen LogP contribution in [0.1, 0.15) is 374 Å². The van der Waals surface area contributed by atoms with E-state index in [0.29, 0.717) is 25.7 Å². The fourth-order valence-electron chi connectivity index (χ4n) is 11.8. The number of phosphoric acid groups is 2. The molecule has 0 aliphatic rings. The number of carbonyl (C=O) groups is 4. The molecule has 0 saturated heterocycles. The van der Waals surface area contributed by atoms with E-state index in [-0.39, 0.29) is 25.7 Å². The molecule has 17 nitrogen and oxygen atoms in total. The average molecular weight is 1590 g/mol. The molecule has 0 spiro atoms. The standard InChI is InChI=1S/C91H158O17P2/c1-5-9-13-17-21-25-29-33-37-40-42-45-48-51-55-59-63-67-71-75-88(93)101-81-86(107-90(95)77-73-69-65-61-57-53-47-36-32-28-24-20-16-12-8-4)83-105-109(97,98)103-79-85(92)80-104-110(99,100)106-84-87(108-91(96)78-74-70-66-62-58-54-50-44-39-35-31-27-23-19-15-11-7-3)82-102-89(94)76-72-68-64-60-56-52-49-46-43-41-38-34-30-26-22-18-14-10-6-2/h10-11,14-15,21-23,25-27,33-35,37-39,42-43,45-46,85-87,92H,5-9,12-13,16-20,24,28-32,36,40-41,44,47-84H2,1-4H3,(H,97,98)(H,99,100)/b14-10-,15-11-,25-21-,26-22-,27-23-,37-33-,38-34-,39-35-,45-42-,46-43-. The van der Waals surface area contributed by atoms with Gasteiger partial charge >= 0.3 is 39.5 Å². The van der Waals surface area contributed by atoms with Crippen LogP contribution in [0.5, 0.6) is 0 Å². The van der Waals surface area contributed by atoms with Crippen LogP contribution in [0.25, 0.3) is 0 Å². The summed E-state index contributed by atoms with van der Waals surface area (Å²) in [6.07, 6.45) is 92.9. The minimum atomic E-state index is -4.99. The van der Waals surface area contributed by atoms with Crippen LogP contribution in [0.15, 0.2) is 122 Å². The summed E-state index contributed by atoms with van der Waals surface area (Å²) in [6.45, 7) is 4.66. The highest BCUT2D eigenvalue weighted by molar-refractivity contribution is 7.47. The van der Waals surface area contributed by atoms with Gasteiger partial charge in [-0.25, -0.2) is 9.13 Å². The van der Waals surface area contributed by atoms with Crippen molar-refractivity contribution in [2.24, 2.45) is 0 Å². The number of hydrogen-bond acceptors (Lipinski definition) is 15. The van der Waals surface area contributed by atoms with Gasteiger partial charge in [0.1, 0.15) is 19.3 Å². The van der Waals surface area contributed by atoms with Crippen molar-refractivity contribution in [3.8, 4) is 0 Å². The summed E-state index contributed by atoms with van der Waals surface area (Å²) in [5, 5.41) is 10.7. The fourth-order valence-corrected chi connectivity index (χ4v) is 13.4. The third-order valence-corrected chi connectivity index (χ3v) is 20.3. The Morgan fingerprint density at radius 1 is 0.264 bits per heavy atom. The molecule has 0 rings (SSSR count). The van der Waals surface area contributed by atoms with Crippen molar-refractivity contribution in [3.63, 3.8) is 0 Å². The van der Waals surface area contributed by atoms with Crippen LogP contribution in [-0.2, 0) is 65.4 Å². The number of aliphatic hydroxyl groups is 1. The van der Waals surface area contributed by atoms with Crippen molar-refractivity contribution in [1.29, 1.82) is 0 Å². The first-order valence-corrected chi connectivity index (χ1v) is 46.8. The van der Waals surface area contributed by atoms with Gasteiger partial charge in [0.2, 0.25) is 0 Å². The number of ether oxygens (including phenoxy) is 4. The number of aliphatic hydroxyl groups excluding tert-OH is 1. The molecule has 634 valence electrons. The number of rotatable bonds is 82. The van der Waals surface area contributed by atoms with Crippen molar-refractivity contribution in [2.45, 2.75) is 393 Å². The quantitative estimate of drug-likeness (QED) is 0.0169. The van der Waals surface area contributed by atoms with Gasteiger partial charge < -0.3 is 33.8 Å². The van der Waals surface area contributed by atoms with Gasteiger partial charge in [-0.1, -0.05) is 335 Å². The van der Waals surface area contributed by atoms with Crippen molar-refractivity contribution in [2.75, 3.05) is 39.6 Å². The third-order valence-electron chi connectivity index (χ3n) is 18.4. The van der Waals surface area contributed by atoms with E-state index >= 15 is 0 Å². The van der Waals surface area contributed by atoms with Crippen molar-refractivity contribution in [1.82, 2.24) is 0 Å². The highest BCUT2D eigenvalue weighted by atomic mass is 31.2. The largest absolute Gasteiger partial charge is 0.472 e. The van der Waals surface area contributed by atoms with E-state index in [1.807, 2.05) is 0 Å². The molecule has 19 heteroatoms. The lowest BCUT2D eigenvalue weighted by Gasteiger charge is -2.21. The lowest BCUT2D eigenvalue weighted by atomic mass is 10.0. The minimum Gasteiger partial charge on any atom is -0.462 e. The smallest absolute Gasteiger partial charge is 0.462 e. The topological polar surface area (TPSA) is 237 Å². The Morgan fingerprint density at radius 2 is 0.473 bits per heavy atom. The summed E-state index contributed by atoms with van der Waals surface area (Å²) in [4.78, 5) is 73.3. The lowest BCUT2D eigenvalue weighted by Crippen LogP contribution is -2.30. The molecular formula is C91H158O17P2. The molecule has 0 bridgehead atoms. The van der Waals surface area contributed by atoms with Crippen LogP contribution in [0.2, 0.25) is 0 Å².